The average molecular weight is 401 g/mol. The number of hydrogen-bond donors (Lipinski definition) is 2. The second kappa shape index (κ2) is 9.59. The number of likely N-dealkylation sites (tertiary alicyclic amines) is 1. The summed E-state index contributed by atoms with van der Waals surface area (Å²) in [4.78, 5) is 14.2. The van der Waals surface area contributed by atoms with Crippen molar-refractivity contribution in [3.05, 3.63) is 35.6 Å². The molecule has 1 fully saturated rings. The van der Waals surface area contributed by atoms with Crippen molar-refractivity contribution in [3.63, 3.8) is 0 Å². The summed E-state index contributed by atoms with van der Waals surface area (Å²) >= 11 is 0. The van der Waals surface area contributed by atoms with Gasteiger partial charge in [-0.15, -0.1) is 0 Å². The molecule has 0 bridgehead atoms. The van der Waals surface area contributed by atoms with E-state index in [1.54, 1.807) is 18.2 Å². The Morgan fingerprint density at radius 2 is 1.93 bits per heavy atom. The Labute approximate surface area is 161 Å². The monoisotopic (exact) mass is 400 g/mol. The maximum Gasteiger partial charge on any atom is 0.278 e. The minimum absolute atomic E-state index is 0.0657. The molecule has 1 aromatic carbocycles. The van der Waals surface area contributed by atoms with Crippen LogP contribution in [0, 0.1) is 5.82 Å². The molecular weight excluding hydrogens is 371 g/mol. The Balaban J connectivity index is 1.74. The van der Waals surface area contributed by atoms with Crippen LogP contribution in [0.2, 0.25) is 0 Å². The molecule has 1 heterocycles. The van der Waals surface area contributed by atoms with E-state index >= 15 is 0 Å². The van der Waals surface area contributed by atoms with E-state index in [4.69, 9.17) is 0 Å². The molecule has 0 spiro atoms. The first-order valence-electron chi connectivity index (χ1n) is 9.10. The van der Waals surface area contributed by atoms with Crippen molar-refractivity contribution in [1.29, 1.82) is 0 Å². The summed E-state index contributed by atoms with van der Waals surface area (Å²) < 4.78 is 40.9. The predicted octanol–water partition coefficient (Wildman–Crippen LogP) is 0.733. The molecule has 0 aromatic heterocycles. The first-order valence-corrected chi connectivity index (χ1v) is 10.5. The fourth-order valence-electron chi connectivity index (χ4n) is 3.24. The lowest BCUT2D eigenvalue weighted by Crippen LogP contribution is -2.45. The van der Waals surface area contributed by atoms with Gasteiger partial charge in [0.2, 0.25) is 5.91 Å². The number of carbonyl (C=O) groups excluding carboxylic acids is 1. The highest BCUT2D eigenvalue weighted by atomic mass is 32.2. The number of hydrogen-bond acceptors (Lipinski definition) is 4. The lowest BCUT2D eigenvalue weighted by Gasteiger charge is -2.26. The van der Waals surface area contributed by atoms with Crippen LogP contribution in [0.3, 0.4) is 0 Å². The average Bonchev–Trinajstić information content (AvgIpc) is 2.95. The molecular formula is C18H29FN4O3S. The van der Waals surface area contributed by atoms with E-state index in [2.05, 4.69) is 14.9 Å². The number of halogens is 1. The summed E-state index contributed by atoms with van der Waals surface area (Å²) in [5, 5.41) is 2.84. The van der Waals surface area contributed by atoms with E-state index in [0.29, 0.717) is 31.5 Å². The topological polar surface area (TPSA) is 81.8 Å². The normalized spacial score (nSPS) is 20.9. The highest BCUT2D eigenvalue weighted by Gasteiger charge is 2.32. The van der Waals surface area contributed by atoms with Crippen molar-refractivity contribution in [1.82, 2.24) is 19.2 Å². The molecule has 0 aliphatic carbocycles. The first kappa shape index (κ1) is 21.7. The maximum atomic E-state index is 13.6. The number of amides is 1. The minimum Gasteiger partial charge on any atom is -0.356 e. The Hall–Kier alpha value is -1.55. The quantitative estimate of drug-likeness (QED) is 0.640. The van der Waals surface area contributed by atoms with Crippen LogP contribution in [-0.4, -0.2) is 69.8 Å². The van der Waals surface area contributed by atoms with Crippen LogP contribution >= 0.6 is 0 Å². The van der Waals surface area contributed by atoms with Crippen LogP contribution in [-0.2, 0) is 21.4 Å². The van der Waals surface area contributed by atoms with Gasteiger partial charge in [-0.1, -0.05) is 18.2 Å². The van der Waals surface area contributed by atoms with Gasteiger partial charge in [-0.2, -0.15) is 12.7 Å². The molecule has 0 radical (unpaired) electrons. The summed E-state index contributed by atoms with van der Waals surface area (Å²) in [7, 11) is 1.43. The van der Waals surface area contributed by atoms with Crippen molar-refractivity contribution >= 4 is 16.1 Å². The number of carbonyl (C=O) groups is 1. The number of likely N-dealkylation sites (N-methyl/N-ethyl adjacent to an activating group) is 1. The van der Waals surface area contributed by atoms with E-state index in [9.17, 15) is 17.6 Å². The van der Waals surface area contributed by atoms with Gasteiger partial charge in [0.1, 0.15) is 5.82 Å². The van der Waals surface area contributed by atoms with Crippen molar-refractivity contribution in [2.75, 3.05) is 34.2 Å². The predicted molar refractivity (Wildman–Crippen MR) is 103 cm³/mol. The van der Waals surface area contributed by atoms with Crippen molar-refractivity contribution in [2.45, 2.75) is 37.8 Å². The van der Waals surface area contributed by atoms with Crippen LogP contribution < -0.4 is 10.0 Å². The molecule has 27 heavy (non-hydrogen) atoms. The molecule has 1 aliphatic rings. The van der Waals surface area contributed by atoms with Crippen LogP contribution in [0.5, 0.6) is 0 Å². The zero-order valence-electron chi connectivity index (χ0n) is 16.1. The summed E-state index contributed by atoms with van der Waals surface area (Å²) in [6.45, 7) is 0.713. The minimum atomic E-state index is -3.44. The smallest absolute Gasteiger partial charge is 0.278 e. The Kier molecular flexibility index (Phi) is 7.72. The number of benzene rings is 1. The molecule has 1 saturated heterocycles. The van der Waals surface area contributed by atoms with Gasteiger partial charge in [-0.3, -0.25) is 9.69 Å². The molecule has 1 aromatic rings. The van der Waals surface area contributed by atoms with E-state index in [1.807, 2.05) is 7.05 Å². The van der Waals surface area contributed by atoms with Gasteiger partial charge < -0.3 is 5.32 Å². The van der Waals surface area contributed by atoms with Gasteiger partial charge in [0.05, 0.1) is 0 Å². The third-order valence-electron chi connectivity index (χ3n) is 5.06. The third-order valence-corrected chi connectivity index (χ3v) is 6.56. The highest BCUT2D eigenvalue weighted by molar-refractivity contribution is 7.87. The van der Waals surface area contributed by atoms with Crippen LogP contribution in [0.25, 0.3) is 0 Å². The van der Waals surface area contributed by atoms with Crippen LogP contribution in [0.1, 0.15) is 24.8 Å². The van der Waals surface area contributed by atoms with E-state index < -0.39 is 10.2 Å². The molecule has 1 amide bonds. The van der Waals surface area contributed by atoms with E-state index in [-0.39, 0.29) is 23.8 Å². The Bertz CT molecular complexity index is 742. The molecule has 2 N–H and O–H groups in total. The fraction of sp³-hybridized carbons (Fsp3) is 0.611. The van der Waals surface area contributed by atoms with Gasteiger partial charge in [0.15, 0.2) is 0 Å². The molecule has 2 atom stereocenters. The van der Waals surface area contributed by atoms with Gasteiger partial charge >= 0.3 is 0 Å². The molecule has 2 rings (SSSR count). The van der Waals surface area contributed by atoms with Gasteiger partial charge in [-0.25, -0.2) is 9.11 Å². The zero-order chi connectivity index (χ0) is 20.0. The van der Waals surface area contributed by atoms with Crippen molar-refractivity contribution < 1.29 is 17.6 Å². The van der Waals surface area contributed by atoms with Crippen LogP contribution in [0.15, 0.2) is 24.3 Å². The van der Waals surface area contributed by atoms with E-state index in [0.717, 1.165) is 17.1 Å². The molecule has 0 saturated carbocycles. The number of nitrogens with zero attached hydrogens (tertiary/aromatic N) is 2. The Morgan fingerprint density at radius 1 is 1.26 bits per heavy atom. The number of rotatable bonds is 9. The van der Waals surface area contributed by atoms with Gasteiger partial charge in [-0.05, 0) is 37.9 Å². The van der Waals surface area contributed by atoms with Crippen molar-refractivity contribution in [2.24, 2.45) is 0 Å². The fourth-order valence-corrected chi connectivity index (χ4v) is 3.90. The number of nitrogens with one attached hydrogen (secondary N) is 2. The molecule has 9 heteroatoms. The molecule has 7 nitrogen and oxygen atoms in total. The first-order chi connectivity index (χ1) is 12.7. The molecule has 1 aliphatic heterocycles. The SMILES string of the molecule is CN1[C@@H](CC(=O)NCCc2ccccc2F)CC[C@H]1CNS(=O)(=O)N(C)C. The molecule has 152 valence electrons. The standard InChI is InChI=1S/C18H29FN4O3S/c1-22(2)27(25,26)21-13-16-9-8-15(23(16)3)12-18(24)20-11-10-14-6-4-5-7-17(14)19/h4-7,15-16,21H,8-13H2,1-3H3,(H,20,24)/t15-,16+/m1/s1. The summed E-state index contributed by atoms with van der Waals surface area (Å²) in [5.41, 5.74) is 0.587. The third kappa shape index (κ3) is 6.24. The summed E-state index contributed by atoms with van der Waals surface area (Å²) in [6.07, 6.45) is 2.48. The Morgan fingerprint density at radius 3 is 2.59 bits per heavy atom. The lowest BCUT2D eigenvalue weighted by atomic mass is 10.1. The second-order valence-electron chi connectivity index (χ2n) is 7.08. The second-order valence-corrected chi connectivity index (χ2v) is 9.05. The van der Waals surface area contributed by atoms with Crippen molar-refractivity contribution in [3.8, 4) is 0 Å². The zero-order valence-corrected chi connectivity index (χ0v) is 16.9. The van der Waals surface area contributed by atoms with Gasteiger partial charge in [0.25, 0.3) is 10.2 Å². The van der Waals surface area contributed by atoms with Crippen LogP contribution in [0.4, 0.5) is 4.39 Å². The maximum absolute atomic E-state index is 13.6. The van der Waals surface area contributed by atoms with E-state index in [1.165, 1.54) is 20.2 Å². The molecule has 0 unspecified atom stereocenters. The summed E-state index contributed by atoms with van der Waals surface area (Å²) in [6, 6.07) is 6.69. The summed E-state index contributed by atoms with van der Waals surface area (Å²) in [5.74, 6) is -0.331. The largest absolute Gasteiger partial charge is 0.356 e. The van der Waals surface area contributed by atoms with Gasteiger partial charge in [0, 0.05) is 45.7 Å². The highest BCUT2D eigenvalue weighted by Crippen LogP contribution is 2.24. The lowest BCUT2D eigenvalue weighted by molar-refractivity contribution is -0.122.